The Bertz CT molecular complexity index is 1030. The van der Waals surface area contributed by atoms with Crippen molar-refractivity contribution in [1.29, 1.82) is 0 Å². The molecule has 0 spiro atoms. The van der Waals surface area contributed by atoms with Crippen LogP contribution in [0.2, 0.25) is 0 Å². The lowest BCUT2D eigenvalue weighted by atomic mass is 9.82. The molecule has 1 aliphatic heterocycles. The molecule has 2 heterocycles. The van der Waals surface area contributed by atoms with Crippen molar-refractivity contribution in [3.05, 3.63) is 83.7 Å². The van der Waals surface area contributed by atoms with Crippen LogP contribution in [0.1, 0.15) is 16.7 Å². The maximum absolute atomic E-state index is 6.21. The molecule has 3 aromatic rings. The lowest BCUT2D eigenvalue weighted by molar-refractivity contribution is 0.409. The summed E-state index contributed by atoms with van der Waals surface area (Å²) in [5, 5.41) is 0. The maximum Gasteiger partial charge on any atom is 0.192 e. The standard InChI is InChI=1S/C23H24N4O/c1-16-12-20(9-10-21(16)28-3)23(15-27(2)22(24)26-23)19-8-4-6-17(13-19)18-7-5-11-25-14-18/h4-14H,15H2,1-3H3,(H2,24,26). The molecule has 4 rings (SSSR count). The highest BCUT2D eigenvalue weighted by atomic mass is 16.5. The molecule has 5 heteroatoms. The number of nitrogens with two attached hydrogens (primary N) is 1. The third kappa shape index (κ3) is 2.99. The van der Waals surface area contributed by atoms with Crippen LogP contribution in [0.4, 0.5) is 0 Å². The first-order chi connectivity index (χ1) is 13.5. The summed E-state index contributed by atoms with van der Waals surface area (Å²) in [6.45, 7) is 2.73. The monoisotopic (exact) mass is 372 g/mol. The van der Waals surface area contributed by atoms with Crippen molar-refractivity contribution in [1.82, 2.24) is 9.88 Å². The van der Waals surface area contributed by atoms with E-state index in [9.17, 15) is 0 Å². The van der Waals surface area contributed by atoms with Gasteiger partial charge in [0.1, 0.15) is 11.3 Å². The second kappa shape index (κ2) is 7.00. The summed E-state index contributed by atoms with van der Waals surface area (Å²) in [6.07, 6.45) is 3.66. The number of pyridine rings is 1. The molecule has 142 valence electrons. The van der Waals surface area contributed by atoms with Crippen LogP contribution in [-0.4, -0.2) is 36.5 Å². The molecule has 2 aromatic carbocycles. The second-order valence-corrected chi connectivity index (χ2v) is 7.19. The first kappa shape index (κ1) is 18.0. The van der Waals surface area contributed by atoms with Crippen LogP contribution in [0.5, 0.6) is 5.75 Å². The third-order valence-corrected chi connectivity index (χ3v) is 5.37. The average molecular weight is 372 g/mol. The number of rotatable bonds is 4. The number of hydrogen-bond acceptors (Lipinski definition) is 5. The predicted molar refractivity (Wildman–Crippen MR) is 112 cm³/mol. The van der Waals surface area contributed by atoms with E-state index in [1.54, 1.807) is 13.3 Å². The van der Waals surface area contributed by atoms with E-state index in [1.807, 2.05) is 37.2 Å². The number of aromatic nitrogens is 1. The Hall–Kier alpha value is -3.34. The number of benzene rings is 2. The van der Waals surface area contributed by atoms with Crippen LogP contribution in [-0.2, 0) is 5.54 Å². The molecule has 0 fully saturated rings. The number of aliphatic imine (C=N–C) groups is 1. The van der Waals surface area contributed by atoms with Gasteiger partial charge < -0.3 is 15.4 Å². The van der Waals surface area contributed by atoms with Crippen molar-refractivity contribution in [3.63, 3.8) is 0 Å². The highest BCUT2D eigenvalue weighted by Crippen LogP contribution is 2.40. The van der Waals surface area contributed by atoms with Gasteiger partial charge in [-0.15, -0.1) is 0 Å². The fourth-order valence-electron chi connectivity index (χ4n) is 3.84. The zero-order chi connectivity index (χ0) is 19.7. The average Bonchev–Trinajstić information content (AvgIpc) is 3.04. The van der Waals surface area contributed by atoms with Gasteiger partial charge >= 0.3 is 0 Å². The first-order valence-electron chi connectivity index (χ1n) is 9.26. The Balaban J connectivity index is 1.88. The molecule has 28 heavy (non-hydrogen) atoms. The van der Waals surface area contributed by atoms with Crippen LogP contribution in [0, 0.1) is 6.92 Å². The van der Waals surface area contributed by atoms with Gasteiger partial charge in [0, 0.05) is 19.4 Å². The molecule has 1 aromatic heterocycles. The summed E-state index contributed by atoms with van der Waals surface area (Å²) in [5.74, 6) is 1.41. The Kier molecular flexibility index (Phi) is 4.51. The topological polar surface area (TPSA) is 63.7 Å². The molecule has 0 saturated heterocycles. The van der Waals surface area contributed by atoms with Gasteiger partial charge in [-0.2, -0.15) is 0 Å². The van der Waals surface area contributed by atoms with E-state index in [0.717, 1.165) is 33.6 Å². The molecular weight excluding hydrogens is 348 g/mol. The predicted octanol–water partition coefficient (Wildman–Crippen LogP) is 3.57. The molecule has 2 N–H and O–H groups in total. The summed E-state index contributed by atoms with van der Waals surface area (Å²) in [6, 6.07) is 18.7. The van der Waals surface area contributed by atoms with Gasteiger partial charge in [-0.25, -0.2) is 4.99 Å². The quantitative estimate of drug-likeness (QED) is 0.760. The summed E-state index contributed by atoms with van der Waals surface area (Å²) in [4.78, 5) is 11.2. The minimum absolute atomic E-state index is 0.542. The fraction of sp³-hybridized carbons (Fsp3) is 0.217. The number of methoxy groups -OCH3 is 1. The van der Waals surface area contributed by atoms with Gasteiger partial charge in [-0.05, 0) is 59.0 Å². The van der Waals surface area contributed by atoms with Gasteiger partial charge in [0.2, 0.25) is 0 Å². The lowest BCUT2D eigenvalue weighted by Gasteiger charge is -2.29. The fourth-order valence-corrected chi connectivity index (χ4v) is 3.84. The highest BCUT2D eigenvalue weighted by Gasteiger charge is 2.41. The smallest absolute Gasteiger partial charge is 0.192 e. The number of hydrogen-bond donors (Lipinski definition) is 1. The second-order valence-electron chi connectivity index (χ2n) is 7.19. The van der Waals surface area contributed by atoms with Crippen molar-refractivity contribution < 1.29 is 4.74 Å². The third-order valence-electron chi connectivity index (χ3n) is 5.37. The van der Waals surface area contributed by atoms with Crippen LogP contribution >= 0.6 is 0 Å². The SMILES string of the molecule is COc1ccc(C2(c3cccc(-c4cccnc4)c3)CN(C)C(N)=N2)cc1C. The van der Waals surface area contributed by atoms with E-state index in [-0.39, 0.29) is 0 Å². The van der Waals surface area contributed by atoms with Crippen LogP contribution in [0.3, 0.4) is 0 Å². The van der Waals surface area contributed by atoms with Crippen LogP contribution in [0.15, 0.2) is 72.0 Å². The van der Waals surface area contributed by atoms with Crippen molar-refractivity contribution in [2.75, 3.05) is 20.7 Å². The molecule has 5 nitrogen and oxygen atoms in total. The van der Waals surface area contributed by atoms with E-state index in [2.05, 4.69) is 47.4 Å². The van der Waals surface area contributed by atoms with Gasteiger partial charge in [-0.1, -0.05) is 30.3 Å². The zero-order valence-electron chi connectivity index (χ0n) is 16.4. The molecule has 0 amide bonds. The first-order valence-corrected chi connectivity index (χ1v) is 9.26. The molecule has 1 aliphatic rings. The minimum Gasteiger partial charge on any atom is -0.496 e. The van der Waals surface area contributed by atoms with Gasteiger partial charge in [-0.3, -0.25) is 4.98 Å². The van der Waals surface area contributed by atoms with Crippen molar-refractivity contribution in [2.45, 2.75) is 12.5 Å². The lowest BCUT2D eigenvalue weighted by Crippen LogP contribution is -2.34. The van der Waals surface area contributed by atoms with E-state index in [0.29, 0.717) is 12.5 Å². The Morgan fingerprint density at radius 2 is 1.82 bits per heavy atom. The van der Waals surface area contributed by atoms with Crippen molar-refractivity contribution >= 4 is 5.96 Å². The number of likely N-dealkylation sites (N-methyl/N-ethyl adjacent to an activating group) is 1. The molecule has 1 atom stereocenters. The molecule has 0 saturated carbocycles. The number of nitrogens with zero attached hydrogens (tertiary/aromatic N) is 3. The highest BCUT2D eigenvalue weighted by molar-refractivity contribution is 5.82. The summed E-state index contributed by atoms with van der Waals surface area (Å²) < 4.78 is 5.44. The van der Waals surface area contributed by atoms with Gasteiger partial charge in [0.25, 0.3) is 0 Å². The normalized spacial score (nSPS) is 18.8. The summed E-state index contributed by atoms with van der Waals surface area (Å²) in [7, 11) is 3.66. The Morgan fingerprint density at radius 3 is 2.46 bits per heavy atom. The largest absolute Gasteiger partial charge is 0.496 e. The molecular formula is C23H24N4O. The van der Waals surface area contributed by atoms with Gasteiger partial charge in [0.15, 0.2) is 5.96 Å². The van der Waals surface area contributed by atoms with E-state index >= 15 is 0 Å². The van der Waals surface area contributed by atoms with Gasteiger partial charge in [0.05, 0.1) is 13.7 Å². The molecule has 0 radical (unpaired) electrons. The Labute approximate surface area is 165 Å². The number of ether oxygens (including phenoxy) is 1. The van der Waals surface area contributed by atoms with E-state index in [1.165, 1.54) is 0 Å². The van der Waals surface area contributed by atoms with E-state index in [4.69, 9.17) is 15.5 Å². The zero-order valence-corrected chi connectivity index (χ0v) is 16.4. The Morgan fingerprint density at radius 1 is 1.04 bits per heavy atom. The van der Waals surface area contributed by atoms with E-state index < -0.39 is 5.54 Å². The van der Waals surface area contributed by atoms with Crippen molar-refractivity contribution in [2.24, 2.45) is 10.7 Å². The summed E-state index contributed by atoms with van der Waals surface area (Å²) >= 11 is 0. The molecule has 1 unspecified atom stereocenters. The van der Waals surface area contributed by atoms with Crippen LogP contribution in [0.25, 0.3) is 11.1 Å². The molecule has 0 bridgehead atoms. The van der Waals surface area contributed by atoms with Crippen LogP contribution < -0.4 is 10.5 Å². The minimum atomic E-state index is -0.561. The molecule has 0 aliphatic carbocycles. The number of guanidine groups is 1. The number of aryl methyl sites for hydroxylation is 1. The summed E-state index contributed by atoms with van der Waals surface area (Å²) in [5.41, 5.74) is 11.1. The maximum atomic E-state index is 6.21. The van der Waals surface area contributed by atoms with Crippen molar-refractivity contribution in [3.8, 4) is 16.9 Å².